The second kappa shape index (κ2) is 6.60. The molecule has 2 aromatic rings. The summed E-state index contributed by atoms with van der Waals surface area (Å²) < 4.78 is 5.35. The summed E-state index contributed by atoms with van der Waals surface area (Å²) in [5.74, 6) is 0.873. The van der Waals surface area contributed by atoms with Crippen molar-refractivity contribution in [1.29, 1.82) is 0 Å². The molecule has 0 atom stereocenters. The fraction of sp³-hybridized carbons (Fsp3) is 0.200. The number of benzene rings is 1. The molecule has 3 N–H and O–H groups in total. The summed E-state index contributed by atoms with van der Waals surface area (Å²) in [5.41, 5.74) is 8.15. The van der Waals surface area contributed by atoms with Gasteiger partial charge in [-0.15, -0.1) is 0 Å². The predicted octanol–water partition coefficient (Wildman–Crippen LogP) is 1.82. The number of aromatic nitrogens is 1. The molecule has 0 bridgehead atoms. The zero-order valence-corrected chi connectivity index (χ0v) is 12.0. The first-order chi connectivity index (χ1) is 10.2. The molecule has 21 heavy (non-hydrogen) atoms. The Morgan fingerprint density at radius 3 is 2.86 bits per heavy atom. The third kappa shape index (κ3) is 3.22. The van der Waals surface area contributed by atoms with E-state index in [1.165, 1.54) is 0 Å². The molecule has 0 aliphatic rings. The first-order valence-corrected chi connectivity index (χ1v) is 6.42. The second-order valence-electron chi connectivity index (χ2n) is 4.55. The highest BCUT2D eigenvalue weighted by Gasteiger charge is 2.13. The van der Waals surface area contributed by atoms with Crippen molar-refractivity contribution in [3.63, 3.8) is 0 Å². The number of nitrogens with zero attached hydrogens (tertiary/aromatic N) is 3. The van der Waals surface area contributed by atoms with Crippen molar-refractivity contribution in [3.8, 4) is 5.75 Å². The fourth-order valence-corrected chi connectivity index (χ4v) is 2.14. The number of hydrogen-bond acceptors (Lipinski definition) is 5. The standard InChI is InChI=1S/C15H18N4O2/c1-19(10-11-5-3-4-6-14(11)21-2)13-9-17-8-7-12(13)15(16)18-20/h3-9,20H,10H2,1-2H3,(H2,16,18). The average molecular weight is 286 g/mol. The monoisotopic (exact) mass is 286 g/mol. The molecule has 0 saturated heterocycles. The van der Waals surface area contributed by atoms with Gasteiger partial charge in [-0.1, -0.05) is 23.4 Å². The highest BCUT2D eigenvalue weighted by Crippen LogP contribution is 2.24. The highest BCUT2D eigenvalue weighted by molar-refractivity contribution is 6.01. The average Bonchev–Trinajstić information content (AvgIpc) is 2.54. The highest BCUT2D eigenvalue weighted by atomic mass is 16.5. The van der Waals surface area contributed by atoms with E-state index in [2.05, 4.69) is 10.1 Å². The second-order valence-corrected chi connectivity index (χ2v) is 4.55. The number of hydrogen-bond donors (Lipinski definition) is 2. The topological polar surface area (TPSA) is 84.0 Å². The number of nitrogens with two attached hydrogens (primary N) is 1. The molecule has 0 amide bonds. The van der Waals surface area contributed by atoms with Crippen LogP contribution < -0.4 is 15.4 Å². The van der Waals surface area contributed by atoms with E-state index < -0.39 is 0 Å². The molecule has 1 heterocycles. The molecule has 0 aliphatic carbocycles. The molecule has 0 saturated carbocycles. The van der Waals surface area contributed by atoms with Crippen LogP contribution in [0.25, 0.3) is 0 Å². The van der Waals surface area contributed by atoms with E-state index in [9.17, 15) is 0 Å². The van der Waals surface area contributed by atoms with Gasteiger partial charge in [0, 0.05) is 30.9 Å². The van der Waals surface area contributed by atoms with Crippen molar-refractivity contribution in [1.82, 2.24) is 4.98 Å². The van der Waals surface area contributed by atoms with Gasteiger partial charge in [-0.25, -0.2) is 0 Å². The number of ether oxygens (including phenoxy) is 1. The van der Waals surface area contributed by atoms with Gasteiger partial charge in [-0.3, -0.25) is 4.98 Å². The Kier molecular flexibility index (Phi) is 4.61. The first-order valence-electron chi connectivity index (χ1n) is 6.42. The van der Waals surface area contributed by atoms with E-state index in [0.29, 0.717) is 12.1 Å². The lowest BCUT2D eigenvalue weighted by molar-refractivity contribution is 0.318. The predicted molar refractivity (Wildman–Crippen MR) is 81.8 cm³/mol. The van der Waals surface area contributed by atoms with Gasteiger partial charge in [0.05, 0.1) is 19.0 Å². The number of amidine groups is 1. The van der Waals surface area contributed by atoms with Crippen molar-refractivity contribution in [3.05, 3.63) is 53.9 Å². The van der Waals surface area contributed by atoms with Crippen LogP contribution in [-0.4, -0.2) is 30.2 Å². The maximum absolute atomic E-state index is 8.87. The molecule has 0 fully saturated rings. The van der Waals surface area contributed by atoms with E-state index >= 15 is 0 Å². The first kappa shape index (κ1) is 14.6. The van der Waals surface area contributed by atoms with E-state index in [-0.39, 0.29) is 5.84 Å². The van der Waals surface area contributed by atoms with Crippen molar-refractivity contribution < 1.29 is 9.94 Å². The fourth-order valence-electron chi connectivity index (χ4n) is 2.14. The maximum atomic E-state index is 8.87. The summed E-state index contributed by atoms with van der Waals surface area (Å²) in [4.78, 5) is 6.07. The Hall–Kier alpha value is -2.76. The molecular weight excluding hydrogens is 268 g/mol. The molecule has 6 heteroatoms. The van der Waals surface area contributed by atoms with Crippen LogP contribution in [0, 0.1) is 0 Å². The van der Waals surface area contributed by atoms with Crippen LogP contribution in [0.15, 0.2) is 47.9 Å². The molecule has 1 aromatic carbocycles. The van der Waals surface area contributed by atoms with E-state index in [0.717, 1.165) is 17.0 Å². The third-order valence-electron chi connectivity index (χ3n) is 3.20. The number of para-hydroxylation sites is 1. The zero-order valence-electron chi connectivity index (χ0n) is 12.0. The summed E-state index contributed by atoms with van der Waals surface area (Å²) in [6.45, 7) is 0.613. The molecule has 0 radical (unpaired) electrons. The van der Waals surface area contributed by atoms with Crippen molar-refractivity contribution >= 4 is 11.5 Å². The van der Waals surface area contributed by atoms with Gasteiger partial charge in [0.1, 0.15) is 5.75 Å². The van der Waals surface area contributed by atoms with Crippen LogP contribution in [0.3, 0.4) is 0 Å². The van der Waals surface area contributed by atoms with Gasteiger partial charge in [-0.2, -0.15) is 0 Å². The Labute approximate surface area is 123 Å². The molecule has 0 spiro atoms. The SMILES string of the molecule is COc1ccccc1CN(C)c1cnccc1/C(N)=N/O. The smallest absolute Gasteiger partial charge is 0.172 e. The number of oxime groups is 1. The van der Waals surface area contributed by atoms with Crippen molar-refractivity contribution in [2.75, 3.05) is 19.1 Å². The summed E-state index contributed by atoms with van der Waals surface area (Å²) in [6.07, 6.45) is 3.29. The number of rotatable bonds is 5. The lowest BCUT2D eigenvalue weighted by atomic mass is 10.1. The Morgan fingerprint density at radius 2 is 2.14 bits per heavy atom. The molecule has 0 aliphatic heterocycles. The Morgan fingerprint density at radius 1 is 1.38 bits per heavy atom. The van der Waals surface area contributed by atoms with E-state index in [4.69, 9.17) is 15.7 Å². The molecule has 110 valence electrons. The lowest BCUT2D eigenvalue weighted by Crippen LogP contribution is -2.23. The lowest BCUT2D eigenvalue weighted by Gasteiger charge is -2.22. The van der Waals surface area contributed by atoms with Crippen LogP contribution in [-0.2, 0) is 6.54 Å². The minimum atomic E-state index is 0.0549. The quantitative estimate of drug-likeness (QED) is 0.379. The minimum Gasteiger partial charge on any atom is -0.496 e. The summed E-state index contributed by atoms with van der Waals surface area (Å²) in [5, 5.41) is 11.9. The molecule has 2 rings (SSSR count). The van der Waals surface area contributed by atoms with Crippen LogP contribution in [0.1, 0.15) is 11.1 Å². The summed E-state index contributed by atoms with van der Waals surface area (Å²) in [6, 6.07) is 9.50. The molecule has 6 nitrogen and oxygen atoms in total. The number of pyridine rings is 1. The number of methoxy groups -OCH3 is 1. The largest absolute Gasteiger partial charge is 0.496 e. The molecule has 0 unspecified atom stereocenters. The van der Waals surface area contributed by atoms with Crippen LogP contribution >= 0.6 is 0 Å². The van der Waals surface area contributed by atoms with Gasteiger partial charge in [0.2, 0.25) is 0 Å². The number of anilines is 1. The van der Waals surface area contributed by atoms with E-state index in [1.807, 2.05) is 36.2 Å². The van der Waals surface area contributed by atoms with Crippen LogP contribution in [0.2, 0.25) is 0 Å². The molecular formula is C15H18N4O2. The van der Waals surface area contributed by atoms with Gasteiger partial charge in [0.25, 0.3) is 0 Å². The van der Waals surface area contributed by atoms with Gasteiger partial charge in [-0.05, 0) is 12.1 Å². The van der Waals surface area contributed by atoms with Gasteiger partial charge < -0.3 is 20.6 Å². The van der Waals surface area contributed by atoms with Crippen LogP contribution in [0.5, 0.6) is 5.75 Å². The molecule has 1 aromatic heterocycles. The minimum absolute atomic E-state index is 0.0549. The zero-order chi connectivity index (χ0) is 15.2. The van der Waals surface area contributed by atoms with Crippen molar-refractivity contribution in [2.24, 2.45) is 10.9 Å². The summed E-state index contributed by atoms with van der Waals surface area (Å²) >= 11 is 0. The van der Waals surface area contributed by atoms with Gasteiger partial charge in [0.15, 0.2) is 5.84 Å². The Balaban J connectivity index is 2.31. The third-order valence-corrected chi connectivity index (χ3v) is 3.20. The van der Waals surface area contributed by atoms with Crippen molar-refractivity contribution in [2.45, 2.75) is 6.54 Å². The van der Waals surface area contributed by atoms with E-state index in [1.54, 1.807) is 25.6 Å². The Bertz CT molecular complexity index is 643. The normalized spacial score (nSPS) is 11.2. The van der Waals surface area contributed by atoms with Gasteiger partial charge >= 0.3 is 0 Å². The maximum Gasteiger partial charge on any atom is 0.172 e. The summed E-state index contributed by atoms with van der Waals surface area (Å²) in [7, 11) is 3.56. The van der Waals surface area contributed by atoms with Crippen LogP contribution in [0.4, 0.5) is 5.69 Å².